The van der Waals surface area contributed by atoms with E-state index in [2.05, 4.69) is 10.0 Å². The number of benzene rings is 2. The van der Waals surface area contributed by atoms with Gasteiger partial charge in [-0.3, -0.25) is 9.52 Å². The highest BCUT2D eigenvalue weighted by molar-refractivity contribution is 7.92. The van der Waals surface area contributed by atoms with E-state index in [0.717, 1.165) is 17.5 Å². The topological polar surface area (TPSA) is 75.3 Å². The third-order valence-corrected chi connectivity index (χ3v) is 5.46. The van der Waals surface area contributed by atoms with Crippen molar-refractivity contribution < 1.29 is 13.2 Å². The Morgan fingerprint density at radius 1 is 1.12 bits per heavy atom. The highest BCUT2D eigenvalue weighted by atomic mass is 32.2. The third kappa shape index (κ3) is 5.59. The Labute approximate surface area is 155 Å². The van der Waals surface area contributed by atoms with Crippen molar-refractivity contribution >= 4 is 21.6 Å². The second-order valence-corrected chi connectivity index (χ2v) is 8.27. The Kier molecular flexibility index (Phi) is 6.80. The SMILES string of the molecule is CCCCS(=O)(=O)Nc1ccc(C)cc1C(=O)NC(C)c1ccccc1. The second kappa shape index (κ2) is 8.85. The van der Waals surface area contributed by atoms with E-state index < -0.39 is 10.0 Å². The Balaban J connectivity index is 2.22. The first kappa shape index (κ1) is 20.0. The summed E-state index contributed by atoms with van der Waals surface area (Å²) in [5, 5.41) is 2.94. The zero-order valence-corrected chi connectivity index (χ0v) is 16.3. The summed E-state index contributed by atoms with van der Waals surface area (Å²) in [5.41, 5.74) is 2.51. The molecule has 0 heterocycles. The fourth-order valence-electron chi connectivity index (χ4n) is 2.59. The van der Waals surface area contributed by atoms with Gasteiger partial charge in [0, 0.05) is 0 Å². The molecule has 2 aromatic carbocycles. The lowest BCUT2D eigenvalue weighted by molar-refractivity contribution is 0.0940. The Morgan fingerprint density at radius 3 is 2.46 bits per heavy atom. The molecule has 140 valence electrons. The van der Waals surface area contributed by atoms with E-state index in [0.29, 0.717) is 17.7 Å². The minimum absolute atomic E-state index is 0.0405. The summed E-state index contributed by atoms with van der Waals surface area (Å²) in [6.45, 7) is 5.70. The van der Waals surface area contributed by atoms with Gasteiger partial charge < -0.3 is 5.32 Å². The molecule has 0 aliphatic carbocycles. The molecule has 2 rings (SSSR count). The van der Waals surface area contributed by atoms with Crippen molar-refractivity contribution in [1.29, 1.82) is 0 Å². The van der Waals surface area contributed by atoms with Crippen molar-refractivity contribution in [3.05, 3.63) is 65.2 Å². The Bertz CT molecular complexity index is 849. The Morgan fingerprint density at radius 2 is 1.81 bits per heavy atom. The van der Waals surface area contributed by atoms with Crippen LogP contribution >= 0.6 is 0 Å². The molecule has 1 unspecified atom stereocenters. The molecule has 0 saturated heterocycles. The van der Waals surface area contributed by atoms with Crippen LogP contribution in [-0.4, -0.2) is 20.1 Å². The molecule has 0 bridgehead atoms. The van der Waals surface area contributed by atoms with Crippen LogP contribution in [0.15, 0.2) is 48.5 Å². The first-order valence-corrected chi connectivity index (χ1v) is 10.4. The van der Waals surface area contributed by atoms with Crippen LogP contribution in [0.1, 0.15) is 54.2 Å². The summed E-state index contributed by atoms with van der Waals surface area (Å²) >= 11 is 0. The molecule has 0 aliphatic rings. The summed E-state index contributed by atoms with van der Waals surface area (Å²) in [6, 6.07) is 14.6. The van der Waals surface area contributed by atoms with Gasteiger partial charge >= 0.3 is 0 Å². The summed E-state index contributed by atoms with van der Waals surface area (Å²) in [7, 11) is -3.48. The van der Waals surface area contributed by atoms with Crippen LogP contribution in [0, 0.1) is 6.92 Å². The average molecular weight is 375 g/mol. The van der Waals surface area contributed by atoms with Gasteiger partial charge in [-0.05, 0) is 38.0 Å². The van der Waals surface area contributed by atoms with Crippen LogP contribution in [0.5, 0.6) is 0 Å². The molecule has 1 atom stereocenters. The van der Waals surface area contributed by atoms with Gasteiger partial charge in [-0.1, -0.05) is 55.3 Å². The molecule has 26 heavy (non-hydrogen) atoms. The van der Waals surface area contributed by atoms with Gasteiger partial charge in [-0.15, -0.1) is 0 Å². The fourth-order valence-corrected chi connectivity index (χ4v) is 3.87. The van der Waals surface area contributed by atoms with Crippen LogP contribution in [0.4, 0.5) is 5.69 Å². The number of hydrogen-bond donors (Lipinski definition) is 2. The number of carbonyl (C=O) groups is 1. The van der Waals surface area contributed by atoms with Crippen LogP contribution in [0.3, 0.4) is 0 Å². The lowest BCUT2D eigenvalue weighted by Gasteiger charge is -2.17. The van der Waals surface area contributed by atoms with E-state index in [-0.39, 0.29) is 17.7 Å². The molecular formula is C20H26N2O3S. The number of carbonyl (C=O) groups excluding carboxylic acids is 1. The molecule has 5 nitrogen and oxygen atoms in total. The van der Waals surface area contributed by atoms with E-state index in [1.165, 1.54) is 0 Å². The van der Waals surface area contributed by atoms with Crippen LogP contribution < -0.4 is 10.0 Å². The third-order valence-electron chi connectivity index (χ3n) is 4.10. The molecule has 2 N–H and O–H groups in total. The minimum Gasteiger partial charge on any atom is -0.345 e. The quantitative estimate of drug-likeness (QED) is 0.732. The molecule has 0 saturated carbocycles. The lowest BCUT2D eigenvalue weighted by atomic mass is 10.1. The van der Waals surface area contributed by atoms with Gasteiger partial charge in [0.25, 0.3) is 5.91 Å². The fraction of sp³-hybridized carbons (Fsp3) is 0.350. The maximum Gasteiger partial charge on any atom is 0.253 e. The van der Waals surface area contributed by atoms with Gasteiger partial charge in [0.05, 0.1) is 23.0 Å². The average Bonchev–Trinajstić information content (AvgIpc) is 2.62. The van der Waals surface area contributed by atoms with E-state index in [1.807, 2.05) is 51.1 Å². The second-order valence-electron chi connectivity index (χ2n) is 6.43. The monoisotopic (exact) mass is 374 g/mol. The number of sulfonamides is 1. The minimum atomic E-state index is -3.48. The molecule has 0 radical (unpaired) electrons. The van der Waals surface area contributed by atoms with Crippen molar-refractivity contribution in [2.24, 2.45) is 0 Å². The standard InChI is InChI=1S/C20H26N2O3S/c1-4-5-13-26(24,25)22-19-12-11-15(2)14-18(19)20(23)21-16(3)17-9-7-6-8-10-17/h6-12,14,16,22H,4-5,13H2,1-3H3,(H,21,23). The number of amides is 1. The highest BCUT2D eigenvalue weighted by Gasteiger charge is 2.18. The first-order valence-electron chi connectivity index (χ1n) is 8.79. The normalized spacial score (nSPS) is 12.4. The zero-order valence-electron chi connectivity index (χ0n) is 15.5. The predicted octanol–water partition coefficient (Wildman–Crippen LogP) is 4.03. The number of rotatable bonds is 8. The zero-order chi connectivity index (χ0) is 19.2. The molecule has 0 spiro atoms. The maximum absolute atomic E-state index is 12.8. The largest absolute Gasteiger partial charge is 0.345 e. The van der Waals surface area contributed by atoms with E-state index >= 15 is 0 Å². The van der Waals surface area contributed by atoms with Crippen molar-refractivity contribution in [2.75, 3.05) is 10.5 Å². The van der Waals surface area contributed by atoms with Crippen LogP contribution in [-0.2, 0) is 10.0 Å². The molecule has 2 aromatic rings. The summed E-state index contributed by atoms with van der Waals surface area (Å²) in [5.74, 6) is -0.267. The van der Waals surface area contributed by atoms with Gasteiger partial charge in [0.15, 0.2) is 0 Å². The smallest absolute Gasteiger partial charge is 0.253 e. The number of nitrogens with one attached hydrogen (secondary N) is 2. The van der Waals surface area contributed by atoms with Gasteiger partial charge in [0.1, 0.15) is 0 Å². The van der Waals surface area contributed by atoms with Gasteiger partial charge in [-0.2, -0.15) is 0 Å². The van der Waals surface area contributed by atoms with Crippen molar-refractivity contribution in [3.8, 4) is 0 Å². The number of aryl methyl sites for hydroxylation is 1. The van der Waals surface area contributed by atoms with Crippen LogP contribution in [0.2, 0.25) is 0 Å². The molecule has 0 aromatic heterocycles. The van der Waals surface area contributed by atoms with E-state index in [1.54, 1.807) is 18.2 Å². The number of anilines is 1. The van der Waals surface area contributed by atoms with Crippen LogP contribution in [0.25, 0.3) is 0 Å². The molecule has 6 heteroatoms. The first-order chi connectivity index (χ1) is 12.3. The molecular weight excluding hydrogens is 348 g/mol. The Hall–Kier alpha value is -2.34. The van der Waals surface area contributed by atoms with Gasteiger partial charge in [0.2, 0.25) is 10.0 Å². The number of hydrogen-bond acceptors (Lipinski definition) is 3. The molecule has 0 fully saturated rings. The highest BCUT2D eigenvalue weighted by Crippen LogP contribution is 2.21. The van der Waals surface area contributed by atoms with E-state index in [4.69, 9.17) is 0 Å². The molecule has 1 amide bonds. The van der Waals surface area contributed by atoms with Crippen molar-refractivity contribution in [2.45, 2.75) is 39.7 Å². The molecule has 0 aliphatic heterocycles. The summed E-state index contributed by atoms with van der Waals surface area (Å²) in [6.07, 6.45) is 1.37. The van der Waals surface area contributed by atoms with Crippen molar-refractivity contribution in [3.63, 3.8) is 0 Å². The maximum atomic E-state index is 12.8. The van der Waals surface area contributed by atoms with Crippen molar-refractivity contribution in [1.82, 2.24) is 5.32 Å². The summed E-state index contributed by atoms with van der Waals surface area (Å²) < 4.78 is 27.0. The lowest BCUT2D eigenvalue weighted by Crippen LogP contribution is -2.28. The summed E-state index contributed by atoms with van der Waals surface area (Å²) in [4.78, 5) is 12.8. The number of unbranched alkanes of at least 4 members (excludes halogenated alkanes) is 1. The van der Waals surface area contributed by atoms with Gasteiger partial charge in [-0.25, -0.2) is 8.42 Å². The van der Waals surface area contributed by atoms with E-state index in [9.17, 15) is 13.2 Å². The predicted molar refractivity (Wildman–Crippen MR) is 106 cm³/mol.